The summed E-state index contributed by atoms with van der Waals surface area (Å²) >= 11 is 0. The third kappa shape index (κ3) is 1.29. The van der Waals surface area contributed by atoms with E-state index in [4.69, 9.17) is 0 Å². The Morgan fingerprint density at radius 3 is 2.11 bits per heavy atom. The first-order chi connectivity index (χ1) is 4.01. The summed E-state index contributed by atoms with van der Waals surface area (Å²) in [4.78, 5) is 0. The highest BCUT2D eigenvalue weighted by atomic mass is 19.3. The molecule has 0 nitrogen and oxygen atoms in total. The van der Waals surface area contributed by atoms with Crippen molar-refractivity contribution in [1.82, 2.24) is 0 Å². The molecule has 0 atom stereocenters. The summed E-state index contributed by atoms with van der Waals surface area (Å²) in [6.07, 6.45) is 0.0324. The van der Waals surface area contributed by atoms with Crippen LogP contribution in [0.2, 0.25) is 0 Å². The minimum atomic E-state index is -2.39. The molecule has 9 heavy (non-hydrogen) atoms. The van der Waals surface area contributed by atoms with Gasteiger partial charge in [-0.1, -0.05) is 12.2 Å². The second-order valence-corrected chi connectivity index (χ2v) is 2.81. The highest BCUT2D eigenvalue weighted by Crippen LogP contribution is 2.45. The molecule has 0 bridgehead atoms. The largest absolute Gasteiger partial charge is 0.249 e. The molecule has 0 aromatic rings. The Morgan fingerprint density at radius 2 is 2.00 bits per heavy atom. The summed E-state index contributed by atoms with van der Waals surface area (Å²) in [5, 5.41) is 0. The Bertz CT molecular complexity index is 130. The number of hydrogen-bond acceptors (Lipinski definition) is 0. The molecule has 2 heteroatoms. The first-order valence-electron chi connectivity index (χ1n) is 3.04. The molecule has 0 heterocycles. The van der Waals surface area contributed by atoms with E-state index >= 15 is 0 Å². The SMILES string of the molecule is C=C(C)C1CC(F)(F)C1. The standard InChI is InChI=1S/C7H10F2/c1-5(2)6-3-7(8,9)4-6/h6H,1,3-4H2,2H3. The Morgan fingerprint density at radius 1 is 1.56 bits per heavy atom. The van der Waals surface area contributed by atoms with E-state index in [1.54, 1.807) is 6.92 Å². The van der Waals surface area contributed by atoms with Gasteiger partial charge in [0.1, 0.15) is 0 Å². The molecular formula is C7H10F2. The zero-order valence-electron chi connectivity index (χ0n) is 5.45. The van der Waals surface area contributed by atoms with Gasteiger partial charge in [-0.05, 0) is 12.8 Å². The molecule has 0 aliphatic heterocycles. The van der Waals surface area contributed by atoms with Crippen molar-refractivity contribution in [1.29, 1.82) is 0 Å². The number of allylic oxidation sites excluding steroid dienone is 1. The van der Waals surface area contributed by atoms with Crippen molar-refractivity contribution in [2.24, 2.45) is 5.92 Å². The van der Waals surface area contributed by atoms with Gasteiger partial charge in [-0.25, -0.2) is 8.78 Å². The van der Waals surface area contributed by atoms with Crippen molar-refractivity contribution in [3.8, 4) is 0 Å². The third-order valence-corrected chi connectivity index (χ3v) is 1.79. The smallest absolute Gasteiger partial charge is 0.207 e. The first kappa shape index (κ1) is 6.72. The number of alkyl halides is 2. The Labute approximate surface area is 53.6 Å². The van der Waals surface area contributed by atoms with Gasteiger partial charge in [-0.2, -0.15) is 0 Å². The maximum Gasteiger partial charge on any atom is 0.249 e. The van der Waals surface area contributed by atoms with Crippen molar-refractivity contribution in [3.63, 3.8) is 0 Å². The van der Waals surface area contributed by atoms with E-state index in [1.165, 1.54) is 0 Å². The number of halogens is 2. The molecule has 1 aliphatic rings. The van der Waals surface area contributed by atoms with Gasteiger partial charge in [0.05, 0.1) is 0 Å². The van der Waals surface area contributed by atoms with E-state index in [0.29, 0.717) is 0 Å². The molecular weight excluding hydrogens is 122 g/mol. The van der Waals surface area contributed by atoms with E-state index in [0.717, 1.165) is 5.57 Å². The summed E-state index contributed by atoms with van der Waals surface area (Å²) in [6, 6.07) is 0. The zero-order valence-corrected chi connectivity index (χ0v) is 5.45. The second-order valence-electron chi connectivity index (χ2n) is 2.81. The summed E-state index contributed by atoms with van der Waals surface area (Å²) < 4.78 is 24.2. The summed E-state index contributed by atoms with van der Waals surface area (Å²) in [6.45, 7) is 5.41. The van der Waals surface area contributed by atoms with Gasteiger partial charge in [0.25, 0.3) is 0 Å². The van der Waals surface area contributed by atoms with Crippen molar-refractivity contribution >= 4 is 0 Å². The van der Waals surface area contributed by atoms with Crippen LogP contribution in [0.5, 0.6) is 0 Å². The van der Waals surface area contributed by atoms with Gasteiger partial charge >= 0.3 is 0 Å². The van der Waals surface area contributed by atoms with Crippen LogP contribution in [0.4, 0.5) is 8.78 Å². The predicted octanol–water partition coefficient (Wildman–Crippen LogP) is 2.61. The minimum absolute atomic E-state index is 0.0162. The lowest BCUT2D eigenvalue weighted by molar-refractivity contribution is -0.0991. The zero-order chi connectivity index (χ0) is 7.07. The van der Waals surface area contributed by atoms with Crippen molar-refractivity contribution < 1.29 is 8.78 Å². The Hall–Kier alpha value is -0.400. The third-order valence-electron chi connectivity index (χ3n) is 1.79. The molecule has 1 aliphatic carbocycles. The van der Waals surface area contributed by atoms with Crippen LogP contribution >= 0.6 is 0 Å². The fourth-order valence-electron chi connectivity index (χ4n) is 1.01. The summed E-state index contributed by atoms with van der Waals surface area (Å²) in [5.74, 6) is -2.30. The van der Waals surface area contributed by atoms with Crippen LogP contribution in [0.1, 0.15) is 19.8 Å². The number of hydrogen-bond donors (Lipinski definition) is 0. The van der Waals surface area contributed by atoms with Crippen LogP contribution in [0.25, 0.3) is 0 Å². The highest BCUT2D eigenvalue weighted by Gasteiger charge is 2.45. The highest BCUT2D eigenvalue weighted by molar-refractivity contribution is 5.05. The molecule has 1 fully saturated rings. The van der Waals surface area contributed by atoms with Crippen LogP contribution in [0, 0.1) is 5.92 Å². The molecule has 0 aromatic heterocycles. The van der Waals surface area contributed by atoms with Crippen molar-refractivity contribution in [2.45, 2.75) is 25.7 Å². The normalized spacial score (nSPS) is 25.2. The molecule has 0 unspecified atom stereocenters. The Balaban J connectivity index is 2.35. The van der Waals surface area contributed by atoms with E-state index in [9.17, 15) is 8.78 Å². The average molecular weight is 132 g/mol. The Kier molecular flexibility index (Phi) is 1.34. The quantitative estimate of drug-likeness (QED) is 0.481. The second kappa shape index (κ2) is 1.79. The number of rotatable bonds is 1. The van der Waals surface area contributed by atoms with Crippen LogP contribution in [0.3, 0.4) is 0 Å². The fraction of sp³-hybridized carbons (Fsp3) is 0.714. The van der Waals surface area contributed by atoms with Crippen LogP contribution in [-0.2, 0) is 0 Å². The van der Waals surface area contributed by atoms with Gasteiger partial charge in [0, 0.05) is 12.8 Å². The lowest BCUT2D eigenvalue weighted by atomic mass is 9.77. The molecule has 0 amide bonds. The maximum atomic E-state index is 12.1. The van der Waals surface area contributed by atoms with Gasteiger partial charge < -0.3 is 0 Å². The lowest BCUT2D eigenvalue weighted by Gasteiger charge is -2.35. The van der Waals surface area contributed by atoms with Gasteiger partial charge in [-0.15, -0.1) is 0 Å². The van der Waals surface area contributed by atoms with Gasteiger partial charge in [0.2, 0.25) is 5.92 Å². The first-order valence-corrected chi connectivity index (χ1v) is 3.04. The molecule has 0 spiro atoms. The molecule has 0 N–H and O–H groups in total. The summed E-state index contributed by atoms with van der Waals surface area (Å²) in [7, 11) is 0. The monoisotopic (exact) mass is 132 g/mol. The molecule has 0 aromatic carbocycles. The van der Waals surface area contributed by atoms with Crippen LogP contribution < -0.4 is 0 Å². The molecule has 52 valence electrons. The molecule has 1 rings (SSSR count). The van der Waals surface area contributed by atoms with Gasteiger partial charge in [0.15, 0.2) is 0 Å². The average Bonchev–Trinajstić information content (AvgIpc) is 1.59. The molecule has 1 saturated carbocycles. The topological polar surface area (TPSA) is 0 Å². The lowest BCUT2D eigenvalue weighted by Crippen LogP contribution is -2.35. The van der Waals surface area contributed by atoms with E-state index in [1.807, 2.05) is 0 Å². The van der Waals surface area contributed by atoms with Crippen LogP contribution in [0.15, 0.2) is 12.2 Å². The minimum Gasteiger partial charge on any atom is -0.207 e. The molecule has 0 radical (unpaired) electrons. The van der Waals surface area contributed by atoms with E-state index in [-0.39, 0.29) is 18.8 Å². The van der Waals surface area contributed by atoms with Crippen molar-refractivity contribution in [3.05, 3.63) is 12.2 Å². The fourth-order valence-corrected chi connectivity index (χ4v) is 1.01. The maximum absolute atomic E-state index is 12.1. The van der Waals surface area contributed by atoms with E-state index < -0.39 is 5.92 Å². The van der Waals surface area contributed by atoms with Gasteiger partial charge in [-0.3, -0.25) is 0 Å². The van der Waals surface area contributed by atoms with E-state index in [2.05, 4.69) is 6.58 Å². The van der Waals surface area contributed by atoms with Crippen molar-refractivity contribution in [2.75, 3.05) is 0 Å². The summed E-state index contributed by atoms with van der Waals surface area (Å²) in [5.41, 5.74) is 0.890. The molecule has 0 saturated heterocycles. The predicted molar refractivity (Wildman–Crippen MR) is 32.5 cm³/mol. The van der Waals surface area contributed by atoms with Crippen LogP contribution in [-0.4, -0.2) is 5.92 Å².